The summed E-state index contributed by atoms with van der Waals surface area (Å²) < 4.78 is 0. The van der Waals surface area contributed by atoms with Gasteiger partial charge in [0.05, 0.1) is 23.3 Å². The largest absolute Gasteiger partial charge is 0.478 e. The second kappa shape index (κ2) is 5.54. The third kappa shape index (κ3) is 2.60. The summed E-state index contributed by atoms with van der Waals surface area (Å²) in [6, 6.07) is 11.0. The molecule has 3 rings (SSSR count). The second-order valence-corrected chi connectivity index (χ2v) is 5.67. The number of benzene rings is 2. The van der Waals surface area contributed by atoms with Crippen LogP contribution in [-0.4, -0.2) is 16.1 Å². The molecule has 0 amide bonds. The van der Waals surface area contributed by atoms with Crippen LogP contribution in [0.2, 0.25) is 0 Å². The fourth-order valence-corrected chi connectivity index (χ4v) is 3.03. The zero-order valence-corrected chi connectivity index (χ0v) is 12.3. The fourth-order valence-electron chi connectivity index (χ4n) is 2.31. The zero-order chi connectivity index (χ0) is 14.8. The van der Waals surface area contributed by atoms with Crippen LogP contribution in [0.15, 0.2) is 41.9 Å². The van der Waals surface area contributed by atoms with E-state index in [9.17, 15) is 9.90 Å². The molecule has 0 bridgehead atoms. The molecule has 21 heavy (non-hydrogen) atoms. The van der Waals surface area contributed by atoms with Gasteiger partial charge in [-0.15, -0.1) is 11.3 Å². The molecule has 0 fully saturated rings. The highest BCUT2D eigenvalue weighted by Crippen LogP contribution is 2.27. The van der Waals surface area contributed by atoms with Gasteiger partial charge in [-0.05, 0) is 24.4 Å². The molecule has 0 saturated heterocycles. The zero-order valence-electron chi connectivity index (χ0n) is 11.5. The summed E-state index contributed by atoms with van der Waals surface area (Å²) in [6.07, 6.45) is 0. The molecule has 3 aromatic rings. The monoisotopic (exact) mass is 298 g/mol. The molecule has 2 aromatic carbocycles. The maximum atomic E-state index is 11.3. The minimum atomic E-state index is -0.906. The number of nitrogens with one attached hydrogen (secondary N) is 1. The highest BCUT2D eigenvalue weighted by molar-refractivity contribution is 7.09. The lowest BCUT2D eigenvalue weighted by molar-refractivity contribution is 0.0699. The van der Waals surface area contributed by atoms with Crippen molar-refractivity contribution >= 4 is 33.8 Å². The van der Waals surface area contributed by atoms with E-state index in [2.05, 4.69) is 10.3 Å². The van der Waals surface area contributed by atoms with Gasteiger partial charge in [0, 0.05) is 16.0 Å². The molecule has 0 atom stereocenters. The van der Waals surface area contributed by atoms with Gasteiger partial charge in [-0.3, -0.25) is 0 Å². The van der Waals surface area contributed by atoms with E-state index in [-0.39, 0.29) is 0 Å². The molecule has 0 radical (unpaired) electrons. The fraction of sp³-hybridized carbons (Fsp3) is 0.125. The van der Waals surface area contributed by atoms with Crippen LogP contribution in [0.1, 0.15) is 20.9 Å². The molecule has 1 heterocycles. The lowest BCUT2D eigenvalue weighted by Gasteiger charge is -2.11. The molecule has 0 aliphatic rings. The first-order valence-corrected chi connectivity index (χ1v) is 7.42. The number of aromatic nitrogens is 1. The highest BCUT2D eigenvalue weighted by Gasteiger charge is 2.11. The minimum absolute atomic E-state index is 0.324. The highest BCUT2D eigenvalue weighted by atomic mass is 32.1. The standard InChI is InChI=1S/C16H14N2O2S/c1-10-15(21-9-18-10)8-17-14-7-6-13(16(19)20)11-4-2-3-5-12(11)14/h2-7,9,17H,8H2,1H3,(H,19,20). The normalized spacial score (nSPS) is 10.7. The number of rotatable bonds is 4. The van der Waals surface area contributed by atoms with Crippen LogP contribution < -0.4 is 5.32 Å². The average Bonchev–Trinajstić information content (AvgIpc) is 2.89. The van der Waals surface area contributed by atoms with Gasteiger partial charge >= 0.3 is 5.97 Å². The number of carboxylic acids is 1. The summed E-state index contributed by atoms with van der Waals surface area (Å²) in [7, 11) is 0. The number of anilines is 1. The van der Waals surface area contributed by atoms with E-state index in [1.807, 2.05) is 42.8 Å². The van der Waals surface area contributed by atoms with Gasteiger partial charge in [0.25, 0.3) is 0 Å². The van der Waals surface area contributed by atoms with Crippen LogP contribution >= 0.6 is 11.3 Å². The Balaban J connectivity index is 1.98. The quantitative estimate of drug-likeness (QED) is 0.766. The van der Waals surface area contributed by atoms with Crippen molar-refractivity contribution in [1.82, 2.24) is 4.98 Å². The van der Waals surface area contributed by atoms with Gasteiger partial charge in [-0.2, -0.15) is 0 Å². The van der Waals surface area contributed by atoms with Crippen molar-refractivity contribution in [1.29, 1.82) is 0 Å². The molecule has 0 saturated carbocycles. The first kappa shape index (κ1) is 13.6. The Morgan fingerprint density at radius 2 is 2.00 bits per heavy atom. The summed E-state index contributed by atoms with van der Waals surface area (Å²) in [5.41, 5.74) is 4.12. The Morgan fingerprint density at radius 3 is 2.67 bits per heavy atom. The van der Waals surface area contributed by atoms with E-state index in [1.54, 1.807) is 17.4 Å². The maximum absolute atomic E-state index is 11.3. The first-order chi connectivity index (χ1) is 10.2. The van der Waals surface area contributed by atoms with Crippen LogP contribution in [0.3, 0.4) is 0 Å². The Morgan fingerprint density at radius 1 is 1.24 bits per heavy atom. The molecule has 106 valence electrons. The summed E-state index contributed by atoms with van der Waals surface area (Å²) >= 11 is 1.61. The Hall–Kier alpha value is -2.40. The van der Waals surface area contributed by atoms with Crippen LogP contribution in [0.25, 0.3) is 10.8 Å². The summed E-state index contributed by atoms with van der Waals surface area (Å²) in [4.78, 5) is 16.7. The number of thiazole rings is 1. The molecular formula is C16H14N2O2S. The number of aryl methyl sites for hydroxylation is 1. The predicted molar refractivity (Wildman–Crippen MR) is 85.1 cm³/mol. The molecule has 1 aromatic heterocycles. The van der Waals surface area contributed by atoms with E-state index >= 15 is 0 Å². The lowest BCUT2D eigenvalue weighted by Crippen LogP contribution is -2.02. The van der Waals surface area contributed by atoms with Crippen molar-refractivity contribution < 1.29 is 9.90 Å². The van der Waals surface area contributed by atoms with Crippen molar-refractivity contribution in [3.8, 4) is 0 Å². The number of carbonyl (C=O) groups is 1. The number of carboxylic acid groups (broad SMARTS) is 1. The number of hydrogen-bond acceptors (Lipinski definition) is 4. The summed E-state index contributed by atoms with van der Waals surface area (Å²) in [6.45, 7) is 2.67. The van der Waals surface area contributed by atoms with Gasteiger partial charge in [-0.1, -0.05) is 24.3 Å². The Labute approximate surface area is 126 Å². The van der Waals surface area contributed by atoms with Gasteiger partial charge in [0.15, 0.2) is 0 Å². The van der Waals surface area contributed by atoms with Crippen molar-refractivity contribution in [3.05, 3.63) is 58.0 Å². The van der Waals surface area contributed by atoms with E-state index in [1.165, 1.54) is 4.88 Å². The second-order valence-electron chi connectivity index (χ2n) is 4.73. The van der Waals surface area contributed by atoms with Crippen molar-refractivity contribution in [2.45, 2.75) is 13.5 Å². The van der Waals surface area contributed by atoms with E-state index in [0.29, 0.717) is 12.1 Å². The number of nitrogens with zero attached hydrogens (tertiary/aromatic N) is 1. The van der Waals surface area contributed by atoms with Gasteiger partial charge in [0.2, 0.25) is 0 Å². The molecule has 0 aliphatic heterocycles. The summed E-state index contributed by atoms with van der Waals surface area (Å²) in [5.74, 6) is -0.906. The van der Waals surface area contributed by atoms with Crippen molar-refractivity contribution in [3.63, 3.8) is 0 Å². The van der Waals surface area contributed by atoms with Crippen LogP contribution in [0.4, 0.5) is 5.69 Å². The Kier molecular flexibility index (Phi) is 3.58. The minimum Gasteiger partial charge on any atom is -0.478 e. The maximum Gasteiger partial charge on any atom is 0.336 e. The topological polar surface area (TPSA) is 62.2 Å². The van der Waals surface area contributed by atoms with E-state index in [4.69, 9.17) is 0 Å². The van der Waals surface area contributed by atoms with Gasteiger partial charge < -0.3 is 10.4 Å². The van der Waals surface area contributed by atoms with E-state index < -0.39 is 5.97 Å². The SMILES string of the molecule is Cc1ncsc1CNc1ccc(C(=O)O)c2ccccc12. The molecule has 5 heteroatoms. The molecule has 2 N–H and O–H groups in total. The predicted octanol–water partition coefficient (Wildman–Crippen LogP) is 3.92. The van der Waals surface area contributed by atoms with Crippen molar-refractivity contribution in [2.24, 2.45) is 0 Å². The van der Waals surface area contributed by atoms with Gasteiger partial charge in [-0.25, -0.2) is 9.78 Å². The molecular weight excluding hydrogens is 284 g/mol. The van der Waals surface area contributed by atoms with Crippen LogP contribution in [0.5, 0.6) is 0 Å². The molecule has 4 nitrogen and oxygen atoms in total. The molecule has 0 spiro atoms. The number of fused-ring (bicyclic) bond motifs is 1. The van der Waals surface area contributed by atoms with Crippen LogP contribution in [0, 0.1) is 6.92 Å². The molecule has 0 unspecified atom stereocenters. The van der Waals surface area contributed by atoms with E-state index in [0.717, 1.165) is 22.2 Å². The third-order valence-electron chi connectivity index (χ3n) is 3.44. The molecule has 0 aliphatic carbocycles. The number of aromatic carboxylic acids is 1. The smallest absolute Gasteiger partial charge is 0.336 e. The average molecular weight is 298 g/mol. The Bertz CT molecular complexity index is 811. The lowest BCUT2D eigenvalue weighted by atomic mass is 10.0. The van der Waals surface area contributed by atoms with Crippen molar-refractivity contribution in [2.75, 3.05) is 5.32 Å². The van der Waals surface area contributed by atoms with Crippen LogP contribution in [-0.2, 0) is 6.54 Å². The number of hydrogen-bond donors (Lipinski definition) is 2. The van der Waals surface area contributed by atoms with Gasteiger partial charge in [0.1, 0.15) is 0 Å². The summed E-state index contributed by atoms with van der Waals surface area (Å²) in [5, 5.41) is 14.3. The first-order valence-electron chi connectivity index (χ1n) is 6.54. The third-order valence-corrected chi connectivity index (χ3v) is 4.37.